The number of aryl methyl sites for hydroxylation is 1. The van der Waals surface area contributed by atoms with Crippen molar-refractivity contribution in [2.75, 3.05) is 13.7 Å². The minimum Gasteiger partial charge on any atom is -0.497 e. The largest absolute Gasteiger partial charge is 0.497 e. The second kappa shape index (κ2) is 11.3. The lowest BCUT2D eigenvalue weighted by Gasteiger charge is -2.20. The van der Waals surface area contributed by atoms with Crippen LogP contribution < -0.4 is 14.8 Å². The van der Waals surface area contributed by atoms with E-state index >= 15 is 0 Å². The van der Waals surface area contributed by atoms with Gasteiger partial charge in [0, 0.05) is 13.0 Å². The standard InChI is InChI=1S/C25H32N2O4S/c1-19-8-14-23(15-9-19)32(29,30)27-24(21-10-12-22(31-2)13-11-21)18-25(28)26-17-16-20-6-4-3-5-7-20/h6,8-15,24,27H,3-5,7,16-18H2,1-2H3,(H,26,28). The number of hydrogen-bond donors (Lipinski definition) is 2. The highest BCUT2D eigenvalue weighted by atomic mass is 32.2. The van der Waals surface area contributed by atoms with Crippen LogP contribution in [-0.4, -0.2) is 28.0 Å². The summed E-state index contributed by atoms with van der Waals surface area (Å²) in [6.07, 6.45) is 7.78. The zero-order valence-corrected chi connectivity index (χ0v) is 19.6. The van der Waals surface area contributed by atoms with Gasteiger partial charge in [0.1, 0.15) is 5.75 Å². The average Bonchev–Trinajstić information content (AvgIpc) is 2.79. The van der Waals surface area contributed by atoms with Crippen LogP contribution in [0.2, 0.25) is 0 Å². The topological polar surface area (TPSA) is 84.5 Å². The van der Waals surface area contributed by atoms with E-state index in [1.54, 1.807) is 55.6 Å². The number of benzene rings is 2. The van der Waals surface area contributed by atoms with E-state index in [4.69, 9.17) is 4.74 Å². The third-order valence-electron chi connectivity index (χ3n) is 5.69. The Morgan fingerprint density at radius 1 is 1.06 bits per heavy atom. The molecule has 1 unspecified atom stereocenters. The molecule has 172 valence electrons. The second-order valence-corrected chi connectivity index (χ2v) is 9.89. The van der Waals surface area contributed by atoms with Crippen LogP contribution in [0.1, 0.15) is 55.7 Å². The second-order valence-electron chi connectivity index (χ2n) is 8.17. The number of hydrogen-bond acceptors (Lipinski definition) is 4. The van der Waals surface area contributed by atoms with E-state index in [1.807, 2.05) is 6.92 Å². The van der Waals surface area contributed by atoms with Crippen LogP contribution in [0.3, 0.4) is 0 Å². The van der Waals surface area contributed by atoms with Crippen molar-refractivity contribution in [3.8, 4) is 5.75 Å². The van der Waals surface area contributed by atoms with Crippen LogP contribution in [0.4, 0.5) is 0 Å². The molecule has 0 saturated carbocycles. The van der Waals surface area contributed by atoms with Gasteiger partial charge in [0.25, 0.3) is 0 Å². The van der Waals surface area contributed by atoms with E-state index in [9.17, 15) is 13.2 Å². The SMILES string of the molecule is COc1ccc(C(CC(=O)NCCC2=CCCCC2)NS(=O)(=O)c2ccc(C)cc2)cc1. The first-order valence-electron chi connectivity index (χ1n) is 11.0. The Hall–Kier alpha value is -2.64. The first kappa shape index (κ1) is 24.0. The van der Waals surface area contributed by atoms with Crippen molar-refractivity contribution in [2.45, 2.75) is 56.4 Å². The van der Waals surface area contributed by atoms with E-state index in [0.29, 0.717) is 17.9 Å². The van der Waals surface area contributed by atoms with Crippen molar-refractivity contribution < 1.29 is 17.9 Å². The highest BCUT2D eigenvalue weighted by Crippen LogP contribution is 2.24. The number of methoxy groups -OCH3 is 1. The van der Waals surface area contributed by atoms with Gasteiger partial charge in [0.15, 0.2) is 0 Å². The number of rotatable bonds is 10. The molecule has 0 spiro atoms. The third-order valence-corrected chi connectivity index (χ3v) is 7.18. The van der Waals surface area contributed by atoms with Gasteiger partial charge in [-0.05, 0) is 68.9 Å². The number of amides is 1. The Kier molecular flexibility index (Phi) is 8.47. The number of nitrogens with one attached hydrogen (secondary N) is 2. The predicted octanol–water partition coefficient (Wildman–Crippen LogP) is 4.42. The Balaban J connectivity index is 1.70. The number of carbonyl (C=O) groups is 1. The molecule has 1 aliphatic rings. The fourth-order valence-corrected chi connectivity index (χ4v) is 5.01. The summed E-state index contributed by atoms with van der Waals surface area (Å²) in [6.45, 7) is 2.46. The zero-order valence-electron chi connectivity index (χ0n) is 18.8. The normalized spacial score (nSPS) is 15.0. The lowest BCUT2D eigenvalue weighted by Crippen LogP contribution is -2.34. The zero-order chi connectivity index (χ0) is 23.0. The third kappa shape index (κ3) is 6.93. The lowest BCUT2D eigenvalue weighted by molar-refractivity contribution is -0.121. The van der Waals surface area contributed by atoms with Crippen molar-refractivity contribution in [3.05, 3.63) is 71.3 Å². The maximum absolute atomic E-state index is 13.0. The summed E-state index contributed by atoms with van der Waals surface area (Å²) in [5.74, 6) is 0.480. The maximum Gasteiger partial charge on any atom is 0.241 e. The summed E-state index contributed by atoms with van der Waals surface area (Å²) < 4.78 is 33.9. The molecule has 1 amide bonds. The molecular weight excluding hydrogens is 424 g/mol. The van der Waals surface area contributed by atoms with Gasteiger partial charge in [-0.1, -0.05) is 41.5 Å². The van der Waals surface area contributed by atoms with Gasteiger partial charge in [-0.15, -0.1) is 0 Å². The molecule has 1 atom stereocenters. The van der Waals surface area contributed by atoms with Crippen LogP contribution in [-0.2, 0) is 14.8 Å². The summed E-state index contributed by atoms with van der Waals surface area (Å²) >= 11 is 0. The smallest absolute Gasteiger partial charge is 0.241 e. The molecule has 3 rings (SSSR count). The van der Waals surface area contributed by atoms with Gasteiger partial charge >= 0.3 is 0 Å². The summed E-state index contributed by atoms with van der Waals surface area (Å²) in [4.78, 5) is 12.8. The summed E-state index contributed by atoms with van der Waals surface area (Å²) in [5, 5.41) is 2.95. The summed E-state index contributed by atoms with van der Waals surface area (Å²) in [5.41, 5.74) is 3.07. The van der Waals surface area contributed by atoms with Crippen molar-refractivity contribution in [1.82, 2.24) is 10.0 Å². The highest BCUT2D eigenvalue weighted by molar-refractivity contribution is 7.89. The van der Waals surface area contributed by atoms with Crippen LogP contribution in [0.5, 0.6) is 5.75 Å². The van der Waals surface area contributed by atoms with Crippen molar-refractivity contribution in [3.63, 3.8) is 0 Å². The van der Waals surface area contributed by atoms with E-state index in [-0.39, 0.29) is 17.2 Å². The van der Waals surface area contributed by atoms with E-state index in [2.05, 4.69) is 16.1 Å². The number of sulfonamides is 1. The first-order chi connectivity index (χ1) is 15.4. The minimum atomic E-state index is -3.79. The van der Waals surface area contributed by atoms with E-state index < -0.39 is 16.1 Å². The molecule has 7 heteroatoms. The van der Waals surface area contributed by atoms with Crippen LogP contribution >= 0.6 is 0 Å². The Morgan fingerprint density at radius 3 is 2.41 bits per heavy atom. The number of allylic oxidation sites excluding steroid dienone is 1. The average molecular weight is 457 g/mol. The molecule has 0 heterocycles. The summed E-state index contributed by atoms with van der Waals surface area (Å²) in [6, 6.07) is 13.0. The molecule has 0 aliphatic heterocycles. The Morgan fingerprint density at radius 2 is 1.78 bits per heavy atom. The lowest BCUT2D eigenvalue weighted by atomic mass is 9.97. The molecule has 0 radical (unpaired) electrons. The van der Waals surface area contributed by atoms with Crippen molar-refractivity contribution in [1.29, 1.82) is 0 Å². The fourth-order valence-electron chi connectivity index (χ4n) is 3.79. The molecule has 1 aliphatic carbocycles. The first-order valence-corrected chi connectivity index (χ1v) is 12.5. The predicted molar refractivity (Wildman–Crippen MR) is 126 cm³/mol. The van der Waals surface area contributed by atoms with Gasteiger partial charge in [-0.3, -0.25) is 4.79 Å². The van der Waals surface area contributed by atoms with Crippen LogP contribution in [0.15, 0.2) is 65.1 Å². The highest BCUT2D eigenvalue weighted by Gasteiger charge is 2.24. The molecule has 0 aromatic heterocycles. The minimum absolute atomic E-state index is 0.0104. The van der Waals surface area contributed by atoms with Crippen LogP contribution in [0, 0.1) is 6.92 Å². The van der Waals surface area contributed by atoms with Crippen molar-refractivity contribution >= 4 is 15.9 Å². The van der Waals surface area contributed by atoms with Gasteiger partial charge in [0.05, 0.1) is 18.0 Å². The Bertz CT molecular complexity index is 1030. The van der Waals surface area contributed by atoms with Gasteiger partial charge < -0.3 is 10.1 Å². The van der Waals surface area contributed by atoms with Crippen molar-refractivity contribution in [2.24, 2.45) is 0 Å². The molecule has 0 saturated heterocycles. The molecule has 32 heavy (non-hydrogen) atoms. The van der Waals surface area contributed by atoms with Gasteiger partial charge in [-0.25, -0.2) is 13.1 Å². The molecule has 6 nitrogen and oxygen atoms in total. The maximum atomic E-state index is 13.0. The Labute approximate surface area is 191 Å². The van der Waals surface area contributed by atoms with Gasteiger partial charge in [-0.2, -0.15) is 0 Å². The molecule has 2 aromatic carbocycles. The molecule has 2 aromatic rings. The number of carbonyl (C=O) groups excluding carboxylic acids is 1. The monoisotopic (exact) mass is 456 g/mol. The quantitative estimate of drug-likeness (QED) is 0.519. The molecular formula is C25H32N2O4S. The molecule has 0 fully saturated rings. The van der Waals surface area contributed by atoms with E-state index in [1.165, 1.54) is 18.4 Å². The van der Waals surface area contributed by atoms with Crippen LogP contribution in [0.25, 0.3) is 0 Å². The number of ether oxygens (including phenoxy) is 1. The summed E-state index contributed by atoms with van der Waals surface area (Å²) in [7, 11) is -2.22. The van der Waals surface area contributed by atoms with E-state index in [0.717, 1.165) is 24.8 Å². The molecule has 2 N–H and O–H groups in total. The van der Waals surface area contributed by atoms with Gasteiger partial charge in [0.2, 0.25) is 15.9 Å². The molecule has 0 bridgehead atoms. The fraction of sp³-hybridized carbons (Fsp3) is 0.400.